The molecular weight excluding hydrogens is 306 g/mol. The van der Waals surface area contributed by atoms with Crippen molar-refractivity contribution in [2.75, 3.05) is 18.4 Å². The SMILES string of the molecule is O=C(Nc1cnc2c(c1)CCCC2)N1C[C@@H]2CCC[C@@]2(C(=O)O)C1. The number of aryl methyl sites for hydroxylation is 2. The second-order valence-electron chi connectivity index (χ2n) is 7.40. The van der Waals surface area contributed by atoms with E-state index >= 15 is 0 Å². The van der Waals surface area contributed by atoms with Crippen LogP contribution in [0.1, 0.15) is 43.4 Å². The first-order valence-corrected chi connectivity index (χ1v) is 8.86. The average molecular weight is 329 g/mol. The number of carbonyl (C=O) groups excluding carboxylic acids is 1. The van der Waals surface area contributed by atoms with Gasteiger partial charge in [-0.05, 0) is 56.1 Å². The van der Waals surface area contributed by atoms with Crippen molar-refractivity contribution in [2.24, 2.45) is 11.3 Å². The van der Waals surface area contributed by atoms with Crippen molar-refractivity contribution in [2.45, 2.75) is 44.9 Å². The van der Waals surface area contributed by atoms with Gasteiger partial charge < -0.3 is 15.3 Å². The van der Waals surface area contributed by atoms with Gasteiger partial charge in [-0.3, -0.25) is 9.78 Å². The number of likely N-dealkylation sites (tertiary alicyclic amines) is 1. The average Bonchev–Trinajstić information content (AvgIpc) is 3.13. The summed E-state index contributed by atoms with van der Waals surface area (Å²) < 4.78 is 0. The molecule has 6 heteroatoms. The molecule has 2 N–H and O–H groups in total. The van der Waals surface area contributed by atoms with Crippen LogP contribution in [0.4, 0.5) is 10.5 Å². The number of carboxylic acids is 1. The number of hydrogen-bond acceptors (Lipinski definition) is 3. The van der Waals surface area contributed by atoms with E-state index in [1.807, 2.05) is 6.07 Å². The van der Waals surface area contributed by atoms with Gasteiger partial charge in [0.05, 0.1) is 17.3 Å². The molecule has 0 unspecified atom stereocenters. The van der Waals surface area contributed by atoms with Gasteiger partial charge in [0.2, 0.25) is 0 Å². The van der Waals surface area contributed by atoms with Crippen LogP contribution in [-0.2, 0) is 17.6 Å². The van der Waals surface area contributed by atoms with Gasteiger partial charge in [0.1, 0.15) is 0 Å². The minimum atomic E-state index is -0.754. The molecule has 2 amide bonds. The number of anilines is 1. The number of nitrogens with zero attached hydrogens (tertiary/aromatic N) is 2. The monoisotopic (exact) mass is 329 g/mol. The van der Waals surface area contributed by atoms with Crippen LogP contribution >= 0.6 is 0 Å². The van der Waals surface area contributed by atoms with Crippen molar-refractivity contribution in [1.82, 2.24) is 9.88 Å². The van der Waals surface area contributed by atoms with Gasteiger partial charge in [0.15, 0.2) is 0 Å². The zero-order chi connectivity index (χ0) is 16.7. The molecule has 1 aromatic rings. The van der Waals surface area contributed by atoms with Crippen LogP contribution in [0.2, 0.25) is 0 Å². The third-order valence-electron chi connectivity index (χ3n) is 6.00. The van der Waals surface area contributed by atoms with E-state index in [0.717, 1.165) is 31.4 Å². The maximum Gasteiger partial charge on any atom is 0.321 e. The van der Waals surface area contributed by atoms with Crippen LogP contribution < -0.4 is 5.32 Å². The number of rotatable bonds is 2. The van der Waals surface area contributed by atoms with Crippen molar-refractivity contribution in [1.29, 1.82) is 0 Å². The summed E-state index contributed by atoms with van der Waals surface area (Å²) in [4.78, 5) is 30.4. The molecule has 0 aromatic carbocycles. The maximum atomic E-state index is 12.6. The van der Waals surface area contributed by atoms with Gasteiger partial charge in [-0.1, -0.05) is 6.42 Å². The van der Waals surface area contributed by atoms with Gasteiger partial charge in [-0.2, -0.15) is 0 Å². The van der Waals surface area contributed by atoms with Crippen molar-refractivity contribution in [3.8, 4) is 0 Å². The number of aliphatic carboxylic acids is 1. The summed E-state index contributed by atoms with van der Waals surface area (Å²) in [6, 6.07) is 1.81. The molecule has 2 atom stereocenters. The maximum absolute atomic E-state index is 12.6. The van der Waals surface area contributed by atoms with Crippen LogP contribution in [-0.4, -0.2) is 40.1 Å². The molecule has 1 aliphatic heterocycles. The molecule has 1 saturated carbocycles. The molecule has 2 aliphatic carbocycles. The lowest BCUT2D eigenvalue weighted by Crippen LogP contribution is -2.38. The van der Waals surface area contributed by atoms with E-state index in [9.17, 15) is 14.7 Å². The van der Waals surface area contributed by atoms with Crippen molar-refractivity contribution < 1.29 is 14.7 Å². The Kier molecular flexibility index (Phi) is 3.70. The Morgan fingerprint density at radius 3 is 2.92 bits per heavy atom. The summed E-state index contributed by atoms with van der Waals surface area (Å²) in [7, 11) is 0. The smallest absolute Gasteiger partial charge is 0.321 e. The predicted molar refractivity (Wildman–Crippen MR) is 88.9 cm³/mol. The highest BCUT2D eigenvalue weighted by atomic mass is 16.4. The normalized spacial score (nSPS) is 28.3. The number of urea groups is 1. The molecule has 128 valence electrons. The Balaban J connectivity index is 1.47. The van der Waals surface area contributed by atoms with Crippen LogP contribution in [0.3, 0.4) is 0 Å². The van der Waals surface area contributed by atoms with Crippen LogP contribution in [0.25, 0.3) is 0 Å². The minimum Gasteiger partial charge on any atom is -0.481 e. The summed E-state index contributed by atoms with van der Waals surface area (Å²) >= 11 is 0. The molecule has 3 aliphatic rings. The Hall–Kier alpha value is -2.11. The number of hydrogen-bond donors (Lipinski definition) is 2. The number of pyridine rings is 1. The van der Waals surface area contributed by atoms with Gasteiger partial charge in [-0.15, -0.1) is 0 Å². The number of carboxylic acid groups (broad SMARTS) is 1. The first kappa shape index (κ1) is 15.4. The van der Waals surface area contributed by atoms with Gasteiger partial charge in [0.25, 0.3) is 0 Å². The lowest BCUT2D eigenvalue weighted by Gasteiger charge is -2.23. The van der Waals surface area contributed by atoms with Crippen molar-refractivity contribution in [3.05, 3.63) is 23.5 Å². The van der Waals surface area contributed by atoms with E-state index in [4.69, 9.17) is 0 Å². The lowest BCUT2D eigenvalue weighted by molar-refractivity contribution is -0.149. The summed E-state index contributed by atoms with van der Waals surface area (Å²) in [5.41, 5.74) is 2.34. The molecular formula is C18H23N3O3. The molecule has 2 heterocycles. The highest BCUT2D eigenvalue weighted by molar-refractivity contribution is 5.90. The second-order valence-corrected chi connectivity index (χ2v) is 7.40. The van der Waals surface area contributed by atoms with Crippen LogP contribution in [0.15, 0.2) is 12.3 Å². The molecule has 4 rings (SSSR count). The molecule has 1 saturated heterocycles. The summed E-state index contributed by atoms with van der Waals surface area (Å²) in [6.07, 6.45) is 8.61. The minimum absolute atomic E-state index is 0.0856. The highest BCUT2D eigenvalue weighted by Crippen LogP contribution is 2.48. The Bertz CT molecular complexity index is 690. The fourth-order valence-corrected chi connectivity index (χ4v) is 4.65. The first-order chi connectivity index (χ1) is 11.6. The van der Waals surface area contributed by atoms with Crippen molar-refractivity contribution >= 4 is 17.7 Å². The topological polar surface area (TPSA) is 82.5 Å². The molecule has 2 fully saturated rings. The predicted octanol–water partition coefficient (Wildman–Crippen LogP) is 2.68. The van der Waals surface area contributed by atoms with E-state index in [-0.39, 0.29) is 11.9 Å². The van der Waals surface area contributed by atoms with E-state index in [0.29, 0.717) is 25.2 Å². The Labute approximate surface area is 141 Å². The largest absolute Gasteiger partial charge is 0.481 e. The van der Waals surface area contributed by atoms with Crippen molar-refractivity contribution in [3.63, 3.8) is 0 Å². The summed E-state index contributed by atoms with van der Waals surface area (Å²) in [5.74, 6) is -0.668. The number of amides is 2. The lowest BCUT2D eigenvalue weighted by atomic mass is 9.81. The zero-order valence-electron chi connectivity index (χ0n) is 13.8. The van der Waals surface area contributed by atoms with E-state index in [1.54, 1.807) is 11.1 Å². The number of nitrogens with one attached hydrogen (secondary N) is 1. The Morgan fingerprint density at radius 2 is 2.12 bits per heavy atom. The third kappa shape index (κ3) is 2.44. The fraction of sp³-hybridized carbons (Fsp3) is 0.611. The van der Waals surface area contributed by atoms with Gasteiger partial charge in [-0.25, -0.2) is 4.79 Å². The van der Waals surface area contributed by atoms with E-state index in [1.165, 1.54) is 18.4 Å². The summed E-state index contributed by atoms with van der Waals surface area (Å²) in [5, 5.41) is 12.5. The molecule has 1 aromatic heterocycles. The number of fused-ring (bicyclic) bond motifs is 2. The zero-order valence-corrected chi connectivity index (χ0v) is 13.8. The number of carbonyl (C=O) groups is 2. The highest BCUT2D eigenvalue weighted by Gasteiger charge is 2.55. The summed E-state index contributed by atoms with van der Waals surface area (Å²) in [6.45, 7) is 0.855. The first-order valence-electron chi connectivity index (χ1n) is 8.86. The second kappa shape index (κ2) is 5.76. The third-order valence-corrected chi connectivity index (χ3v) is 6.00. The molecule has 0 bridgehead atoms. The molecule has 24 heavy (non-hydrogen) atoms. The van der Waals surface area contributed by atoms with Crippen LogP contribution in [0, 0.1) is 11.3 Å². The molecule has 6 nitrogen and oxygen atoms in total. The Morgan fingerprint density at radius 1 is 1.29 bits per heavy atom. The fourth-order valence-electron chi connectivity index (χ4n) is 4.65. The van der Waals surface area contributed by atoms with Gasteiger partial charge in [0, 0.05) is 18.8 Å². The molecule has 0 radical (unpaired) electrons. The van der Waals surface area contributed by atoms with Gasteiger partial charge >= 0.3 is 12.0 Å². The van der Waals surface area contributed by atoms with E-state index < -0.39 is 11.4 Å². The quantitative estimate of drug-likeness (QED) is 0.874. The molecule has 0 spiro atoms. The standard InChI is InChI=1S/C18H23N3O3/c22-16(23)18-7-3-5-13(18)10-21(11-18)17(24)20-14-8-12-4-1-2-6-15(12)19-9-14/h8-9,13H,1-7,10-11H2,(H,20,24)(H,22,23)/t13-,18+/m0/s1. The van der Waals surface area contributed by atoms with Crippen LogP contribution in [0.5, 0.6) is 0 Å². The van der Waals surface area contributed by atoms with E-state index in [2.05, 4.69) is 10.3 Å². The number of aromatic nitrogens is 1.